The van der Waals surface area contributed by atoms with Crippen LogP contribution in [0.2, 0.25) is 0 Å². The van der Waals surface area contributed by atoms with E-state index in [0.29, 0.717) is 68.2 Å². The molecule has 8 nitrogen and oxygen atoms in total. The number of rotatable bonds is 8. The average molecular weight is 798 g/mol. The molecule has 1 amide bonds. The fourth-order valence-corrected chi connectivity index (χ4v) is 11.2. The summed E-state index contributed by atoms with van der Waals surface area (Å²) in [6, 6.07) is 27.4. The zero-order valence-corrected chi connectivity index (χ0v) is 35.5. The third-order valence-corrected chi connectivity index (χ3v) is 15.7. The van der Waals surface area contributed by atoms with Crippen molar-refractivity contribution in [1.29, 1.82) is 0 Å². The van der Waals surface area contributed by atoms with Crippen LogP contribution >= 0.6 is 0 Å². The van der Waals surface area contributed by atoms with Gasteiger partial charge >= 0.3 is 5.97 Å². The van der Waals surface area contributed by atoms with Gasteiger partial charge < -0.3 is 24.6 Å². The van der Waals surface area contributed by atoms with Gasteiger partial charge in [-0.1, -0.05) is 87.0 Å². The summed E-state index contributed by atoms with van der Waals surface area (Å²) < 4.78 is 11.6. The fourth-order valence-electron chi connectivity index (χ4n) is 11.2. The van der Waals surface area contributed by atoms with Crippen molar-refractivity contribution in [2.75, 3.05) is 13.7 Å². The molecular weight excluding hydrogens is 739 g/mol. The summed E-state index contributed by atoms with van der Waals surface area (Å²) in [4.78, 5) is 45.5. The summed E-state index contributed by atoms with van der Waals surface area (Å²) in [6.07, 6.45) is 6.71. The number of nitrogens with zero attached hydrogens (tertiary/aromatic N) is 1. The second-order valence-electron chi connectivity index (χ2n) is 19.0. The molecule has 4 aromatic carbocycles. The Kier molecular flexibility index (Phi) is 10.4. The molecule has 4 bridgehead atoms. The molecule has 9 rings (SSSR count). The van der Waals surface area contributed by atoms with Gasteiger partial charge in [0.25, 0.3) is 5.91 Å². The first-order valence-corrected chi connectivity index (χ1v) is 21.4. The van der Waals surface area contributed by atoms with Gasteiger partial charge in [0.15, 0.2) is 11.4 Å². The molecule has 1 heterocycles. The number of aliphatic hydroxyl groups excluding tert-OH is 1. The van der Waals surface area contributed by atoms with Gasteiger partial charge in [0.05, 0.1) is 30.8 Å². The van der Waals surface area contributed by atoms with Crippen LogP contribution in [0.15, 0.2) is 96.6 Å². The molecule has 59 heavy (non-hydrogen) atoms. The number of allylic oxidation sites excluding steroid dienone is 2. The van der Waals surface area contributed by atoms with Crippen molar-refractivity contribution in [2.24, 2.45) is 16.2 Å². The van der Waals surface area contributed by atoms with E-state index in [2.05, 4.69) is 38.1 Å². The van der Waals surface area contributed by atoms with Crippen LogP contribution in [0.4, 0.5) is 0 Å². The van der Waals surface area contributed by atoms with Crippen molar-refractivity contribution in [3.8, 4) is 5.75 Å². The summed E-state index contributed by atoms with van der Waals surface area (Å²) in [5.74, 6) is -0.299. The first-order chi connectivity index (χ1) is 28.1. The van der Waals surface area contributed by atoms with E-state index < -0.39 is 33.6 Å². The molecule has 6 atom stereocenters. The molecule has 5 aliphatic rings. The molecule has 4 aromatic rings. The van der Waals surface area contributed by atoms with Gasteiger partial charge in [0.1, 0.15) is 5.75 Å². The minimum Gasteiger partial charge on any atom is -0.497 e. The number of carbonyl (C=O) groups excluding carboxylic acids is 3. The lowest BCUT2D eigenvalue weighted by Crippen LogP contribution is -2.60. The molecule has 1 aliphatic heterocycles. The van der Waals surface area contributed by atoms with Crippen molar-refractivity contribution in [3.05, 3.63) is 124 Å². The third-order valence-electron chi connectivity index (χ3n) is 15.7. The number of ether oxygens (including phenoxy) is 2. The quantitative estimate of drug-likeness (QED) is 0.104. The van der Waals surface area contributed by atoms with Crippen molar-refractivity contribution < 1.29 is 34.1 Å². The van der Waals surface area contributed by atoms with Gasteiger partial charge in [-0.15, -0.1) is 0 Å². The zero-order chi connectivity index (χ0) is 42.0. The van der Waals surface area contributed by atoms with E-state index >= 15 is 4.79 Å². The highest BCUT2D eigenvalue weighted by Crippen LogP contribution is 2.66. The number of hydrogen-bond acceptors (Lipinski definition) is 7. The number of amides is 1. The molecule has 6 unspecified atom stereocenters. The Bertz CT molecular complexity index is 2320. The number of carbonyl (C=O) groups is 3. The molecule has 3 fully saturated rings. The second-order valence-corrected chi connectivity index (χ2v) is 19.0. The van der Waals surface area contributed by atoms with E-state index in [1.54, 1.807) is 36.3 Å². The Morgan fingerprint density at radius 3 is 2.36 bits per heavy atom. The fraction of sp³-hybridized carbons (Fsp3) is 0.471. The van der Waals surface area contributed by atoms with E-state index in [4.69, 9.17) is 9.47 Å². The lowest BCUT2D eigenvalue weighted by molar-refractivity contribution is -0.178. The first kappa shape index (κ1) is 41.0. The van der Waals surface area contributed by atoms with E-state index in [-0.39, 0.29) is 36.7 Å². The van der Waals surface area contributed by atoms with Gasteiger partial charge in [-0.05, 0) is 135 Å². The highest BCUT2D eigenvalue weighted by atomic mass is 16.6. The second kappa shape index (κ2) is 15.0. The molecule has 0 spiro atoms. The highest BCUT2D eigenvalue weighted by Gasteiger charge is 2.76. The molecule has 310 valence electrons. The Morgan fingerprint density at radius 2 is 1.64 bits per heavy atom. The number of methoxy groups -OCH3 is 1. The van der Waals surface area contributed by atoms with Gasteiger partial charge in [-0.2, -0.15) is 0 Å². The molecular formula is C51H59NO7. The topological polar surface area (TPSA) is 113 Å². The van der Waals surface area contributed by atoms with Gasteiger partial charge in [0, 0.05) is 28.5 Å². The maximum atomic E-state index is 15.5. The molecule has 8 heteroatoms. The van der Waals surface area contributed by atoms with E-state index in [0.717, 1.165) is 33.9 Å². The van der Waals surface area contributed by atoms with Crippen LogP contribution in [0.5, 0.6) is 5.75 Å². The van der Waals surface area contributed by atoms with Crippen LogP contribution in [-0.4, -0.2) is 63.7 Å². The van der Waals surface area contributed by atoms with Crippen LogP contribution in [0.25, 0.3) is 10.8 Å². The van der Waals surface area contributed by atoms with Crippen LogP contribution in [0, 0.1) is 16.2 Å². The molecule has 1 saturated heterocycles. The summed E-state index contributed by atoms with van der Waals surface area (Å²) in [5.41, 5.74) is -0.101. The number of hydrogen-bond donors (Lipinski definition) is 2. The van der Waals surface area contributed by atoms with Gasteiger partial charge in [-0.25, -0.2) is 0 Å². The van der Waals surface area contributed by atoms with Crippen LogP contribution < -0.4 is 4.74 Å². The number of benzene rings is 4. The molecule has 0 radical (unpaired) electrons. The standard InChI is InChI=1S/C51H59NO7/c1-33-11-10-25-48(4)43(41-23-17-34(29-38(53)20-16-33)30-42(41)44(54)36-18-21-39(58-6)22-19-36)24-26-50(48,57)32-52(31-37-14-9-13-35-12-7-8-15-40(35)37)45(55)51-28-27-49(5,46(56)59-51)47(51,2)3/h7-9,11-15,17-19,21-23,30,38,43,53,57H,10,16,20,24-29,31-32H2,1-6H3. The monoisotopic (exact) mass is 797 g/mol. The molecule has 0 aromatic heterocycles. The first-order valence-electron chi connectivity index (χ1n) is 21.4. The summed E-state index contributed by atoms with van der Waals surface area (Å²) in [5, 5.41) is 26.7. The summed E-state index contributed by atoms with van der Waals surface area (Å²) in [6.45, 7) is 10.4. The van der Waals surface area contributed by atoms with Crippen molar-refractivity contribution >= 4 is 28.4 Å². The van der Waals surface area contributed by atoms with Gasteiger partial charge in [-0.3, -0.25) is 14.4 Å². The van der Waals surface area contributed by atoms with E-state index in [9.17, 15) is 19.8 Å². The van der Waals surface area contributed by atoms with Crippen LogP contribution in [0.1, 0.15) is 125 Å². The molecule has 2 saturated carbocycles. The minimum atomic E-state index is -1.38. The Labute approximate surface area is 348 Å². The Morgan fingerprint density at radius 1 is 0.898 bits per heavy atom. The average Bonchev–Trinajstić information content (AvgIpc) is 3.66. The SMILES string of the molecule is COc1ccc(C(=O)c2cc3ccc2C2CCC(O)(CN(Cc4cccc5ccccc45)C(=O)C45CCC(C)(C(=O)O4)C5(C)C)C2(C)CCC=C(C)CCC(O)C3)cc1. The Hall–Kier alpha value is -4.79. The third kappa shape index (κ3) is 6.62. The van der Waals surface area contributed by atoms with Crippen molar-refractivity contribution in [2.45, 2.75) is 122 Å². The number of esters is 1. The Balaban J connectivity index is 1.24. The predicted octanol–water partition coefficient (Wildman–Crippen LogP) is 9.27. The number of ketones is 1. The summed E-state index contributed by atoms with van der Waals surface area (Å²) >= 11 is 0. The van der Waals surface area contributed by atoms with Crippen molar-refractivity contribution in [3.63, 3.8) is 0 Å². The zero-order valence-electron chi connectivity index (χ0n) is 35.5. The number of fused-ring (bicyclic) bond motifs is 11. The smallest absolute Gasteiger partial charge is 0.313 e. The minimum absolute atomic E-state index is 0.0306. The predicted molar refractivity (Wildman–Crippen MR) is 229 cm³/mol. The maximum Gasteiger partial charge on any atom is 0.313 e. The van der Waals surface area contributed by atoms with Gasteiger partial charge in [0.2, 0.25) is 0 Å². The van der Waals surface area contributed by atoms with Crippen LogP contribution in [0.3, 0.4) is 0 Å². The largest absolute Gasteiger partial charge is 0.497 e. The lowest BCUT2D eigenvalue weighted by atomic mass is 9.64. The van der Waals surface area contributed by atoms with Crippen LogP contribution in [-0.2, 0) is 27.3 Å². The van der Waals surface area contributed by atoms with E-state index in [1.165, 1.54) is 5.57 Å². The normalized spacial score (nSPS) is 30.0. The summed E-state index contributed by atoms with van der Waals surface area (Å²) in [7, 11) is 1.60. The highest BCUT2D eigenvalue weighted by molar-refractivity contribution is 6.10. The number of aliphatic hydroxyl groups is 2. The maximum absolute atomic E-state index is 15.5. The van der Waals surface area contributed by atoms with Crippen molar-refractivity contribution in [1.82, 2.24) is 4.90 Å². The van der Waals surface area contributed by atoms with E-state index in [1.807, 2.05) is 63.2 Å². The lowest BCUT2D eigenvalue weighted by Gasteiger charge is -2.47. The molecule has 4 aliphatic carbocycles. The molecule has 2 N–H and O–H groups in total.